The first-order chi connectivity index (χ1) is 12.2. The second-order valence-corrected chi connectivity index (χ2v) is 13.3. The third-order valence-electron chi connectivity index (χ3n) is 5.25. The molecule has 4 heteroatoms. The lowest BCUT2D eigenvalue weighted by Gasteiger charge is -2.34. The number of aliphatic imine (C=N–C) groups is 1. The molecule has 146 valence electrons. The molecule has 26 heavy (non-hydrogen) atoms. The highest BCUT2D eigenvalue weighted by Gasteiger charge is 2.34. The Morgan fingerprint density at radius 3 is 2.27 bits per heavy atom. The normalized spacial score (nSPS) is 18.2. The minimum Gasteiger partial charge on any atom is -0.418 e. The molecule has 0 spiro atoms. The highest BCUT2D eigenvalue weighted by molar-refractivity contribution is 6.69. The van der Waals surface area contributed by atoms with Gasteiger partial charge in [0.1, 0.15) is 5.60 Å². The summed E-state index contributed by atoms with van der Waals surface area (Å²) < 4.78 is 5.97. The lowest BCUT2D eigenvalue weighted by atomic mass is 9.79. The number of para-hydroxylation sites is 1. The summed E-state index contributed by atoms with van der Waals surface area (Å²) in [6, 6.07) is 6.29. The van der Waals surface area contributed by atoms with Crippen LogP contribution in [0.15, 0.2) is 23.2 Å². The highest BCUT2D eigenvalue weighted by Crippen LogP contribution is 2.34. The van der Waals surface area contributed by atoms with Crippen molar-refractivity contribution in [3.63, 3.8) is 0 Å². The number of nitrogens with zero attached hydrogens (tertiary/aromatic N) is 1. The maximum Gasteiger partial charge on any atom is 0.183 e. The highest BCUT2D eigenvalue weighted by atomic mass is 28.4. The van der Waals surface area contributed by atoms with E-state index in [0.717, 1.165) is 63.0 Å². The van der Waals surface area contributed by atoms with Crippen LogP contribution in [0.25, 0.3) is 0 Å². The molecule has 1 aromatic rings. The van der Waals surface area contributed by atoms with Gasteiger partial charge in [0.15, 0.2) is 8.32 Å². The van der Waals surface area contributed by atoms with Gasteiger partial charge in [0.2, 0.25) is 0 Å². The number of hydrogen-bond donors (Lipinski definition) is 1. The lowest BCUT2D eigenvalue weighted by molar-refractivity contribution is 0.0686. The van der Waals surface area contributed by atoms with Crippen LogP contribution in [0.3, 0.4) is 0 Å². The molecule has 0 amide bonds. The average Bonchev–Trinajstić information content (AvgIpc) is 2.55. The summed E-state index contributed by atoms with van der Waals surface area (Å²) in [5.74, 6) is 0. The van der Waals surface area contributed by atoms with E-state index in [1.165, 1.54) is 17.5 Å². The van der Waals surface area contributed by atoms with Crippen molar-refractivity contribution in [2.45, 2.75) is 90.5 Å². The zero-order valence-electron chi connectivity index (χ0n) is 17.4. The first-order valence-electron chi connectivity index (χ1n) is 10.2. The van der Waals surface area contributed by atoms with Gasteiger partial charge >= 0.3 is 0 Å². The second-order valence-electron chi connectivity index (χ2n) is 8.81. The van der Waals surface area contributed by atoms with Gasteiger partial charge in [-0.05, 0) is 76.7 Å². The van der Waals surface area contributed by atoms with Crippen molar-refractivity contribution in [3.05, 3.63) is 29.3 Å². The Kier molecular flexibility index (Phi) is 7.62. The minimum atomic E-state index is -1.44. The Hall–Kier alpha value is -0.973. The molecule has 1 N–H and O–H groups in total. The molecule has 1 aliphatic carbocycles. The maximum absolute atomic E-state index is 11.3. The van der Waals surface area contributed by atoms with Crippen molar-refractivity contribution < 1.29 is 9.53 Å². The number of benzene rings is 1. The zero-order valence-corrected chi connectivity index (χ0v) is 18.4. The van der Waals surface area contributed by atoms with Gasteiger partial charge in [0, 0.05) is 6.61 Å². The molecule has 1 aliphatic rings. The number of hydrogen-bond acceptors (Lipinski definition) is 3. The van der Waals surface area contributed by atoms with Crippen LogP contribution >= 0.6 is 0 Å². The lowest BCUT2D eigenvalue weighted by Crippen LogP contribution is -2.40. The Morgan fingerprint density at radius 2 is 1.69 bits per heavy atom. The van der Waals surface area contributed by atoms with Gasteiger partial charge in [-0.15, -0.1) is 0 Å². The summed E-state index contributed by atoms with van der Waals surface area (Å²) in [6.07, 6.45) is 8.04. The van der Waals surface area contributed by atoms with Crippen molar-refractivity contribution in [1.82, 2.24) is 0 Å². The van der Waals surface area contributed by atoms with Crippen LogP contribution in [-0.4, -0.2) is 31.3 Å². The SMILES string of the molecule is Cc1cccc(C)c1N=C(CCCCO[Si](C)(C)C)C1(O)CCCCC1. The molecule has 0 aromatic heterocycles. The third-order valence-corrected chi connectivity index (χ3v) is 6.32. The summed E-state index contributed by atoms with van der Waals surface area (Å²) >= 11 is 0. The van der Waals surface area contributed by atoms with Crippen molar-refractivity contribution in [1.29, 1.82) is 0 Å². The summed E-state index contributed by atoms with van der Waals surface area (Å²) in [5, 5.41) is 11.3. The monoisotopic (exact) mass is 375 g/mol. The standard InChI is InChI=1S/C22H37NO2Si/c1-18-12-11-13-19(2)21(18)23-20(22(24)15-8-6-9-16-22)14-7-10-17-25-26(3,4)5/h11-13,24H,6-10,14-17H2,1-5H3. The van der Waals surface area contributed by atoms with Crippen LogP contribution in [0, 0.1) is 13.8 Å². The van der Waals surface area contributed by atoms with Gasteiger partial charge in [-0.2, -0.15) is 0 Å². The first kappa shape index (κ1) is 21.3. The quantitative estimate of drug-likeness (QED) is 0.339. The topological polar surface area (TPSA) is 41.8 Å². The number of unbranched alkanes of at least 4 members (excludes halogenated alkanes) is 1. The molecule has 3 nitrogen and oxygen atoms in total. The summed E-state index contributed by atoms with van der Waals surface area (Å²) in [5.41, 5.74) is 3.68. The Balaban J connectivity index is 2.13. The van der Waals surface area contributed by atoms with Crippen LogP contribution in [0.1, 0.15) is 62.5 Å². The van der Waals surface area contributed by atoms with Gasteiger partial charge in [-0.3, -0.25) is 4.99 Å². The molecule has 1 saturated carbocycles. The van der Waals surface area contributed by atoms with E-state index in [-0.39, 0.29) is 0 Å². The first-order valence-corrected chi connectivity index (χ1v) is 13.6. The van der Waals surface area contributed by atoms with E-state index in [1.807, 2.05) is 0 Å². The van der Waals surface area contributed by atoms with E-state index >= 15 is 0 Å². The average molecular weight is 376 g/mol. The molecule has 0 bridgehead atoms. The predicted molar refractivity (Wildman–Crippen MR) is 114 cm³/mol. The predicted octanol–water partition coefficient (Wildman–Crippen LogP) is 6.09. The summed E-state index contributed by atoms with van der Waals surface area (Å²) in [7, 11) is -1.44. The van der Waals surface area contributed by atoms with Crippen molar-refractivity contribution >= 4 is 19.7 Å². The fourth-order valence-corrected chi connectivity index (χ4v) is 4.46. The van der Waals surface area contributed by atoms with E-state index in [4.69, 9.17) is 9.42 Å². The van der Waals surface area contributed by atoms with Gasteiger partial charge in [-0.25, -0.2) is 0 Å². The molecule has 0 aliphatic heterocycles. The van der Waals surface area contributed by atoms with Crippen LogP contribution in [0.5, 0.6) is 0 Å². The van der Waals surface area contributed by atoms with E-state index in [9.17, 15) is 5.11 Å². The van der Waals surface area contributed by atoms with E-state index in [0.29, 0.717) is 0 Å². The molecule has 0 atom stereocenters. The van der Waals surface area contributed by atoms with Crippen LogP contribution in [-0.2, 0) is 4.43 Å². The fraction of sp³-hybridized carbons (Fsp3) is 0.682. The summed E-state index contributed by atoms with van der Waals surface area (Å²) in [6.45, 7) is 11.7. The fourth-order valence-electron chi connectivity index (χ4n) is 3.71. The molecule has 1 aromatic carbocycles. The molecule has 0 saturated heterocycles. The molecular formula is C22H37NO2Si. The molecule has 1 fully saturated rings. The van der Waals surface area contributed by atoms with Crippen LogP contribution in [0.4, 0.5) is 5.69 Å². The van der Waals surface area contributed by atoms with Crippen LogP contribution < -0.4 is 0 Å². The Bertz CT molecular complexity index is 593. The maximum atomic E-state index is 11.3. The van der Waals surface area contributed by atoms with E-state index in [1.54, 1.807) is 0 Å². The van der Waals surface area contributed by atoms with E-state index in [2.05, 4.69) is 51.7 Å². The molecule has 0 radical (unpaired) electrons. The second kappa shape index (κ2) is 9.29. The van der Waals surface area contributed by atoms with Crippen molar-refractivity contribution in [2.24, 2.45) is 4.99 Å². The van der Waals surface area contributed by atoms with Crippen molar-refractivity contribution in [2.75, 3.05) is 6.61 Å². The van der Waals surface area contributed by atoms with Gasteiger partial charge in [0.05, 0.1) is 11.4 Å². The minimum absolute atomic E-state index is 0.716. The van der Waals surface area contributed by atoms with Crippen LogP contribution in [0.2, 0.25) is 19.6 Å². The largest absolute Gasteiger partial charge is 0.418 e. The van der Waals surface area contributed by atoms with Gasteiger partial charge in [0.25, 0.3) is 0 Å². The zero-order chi connectivity index (χ0) is 19.2. The number of aryl methyl sites for hydroxylation is 2. The van der Waals surface area contributed by atoms with Crippen molar-refractivity contribution in [3.8, 4) is 0 Å². The Labute approximate surface area is 161 Å². The molecule has 2 rings (SSSR count). The Morgan fingerprint density at radius 1 is 1.08 bits per heavy atom. The van der Waals surface area contributed by atoms with Gasteiger partial charge < -0.3 is 9.53 Å². The summed E-state index contributed by atoms with van der Waals surface area (Å²) in [4.78, 5) is 5.03. The number of aliphatic hydroxyl groups is 1. The molecule has 0 heterocycles. The number of rotatable bonds is 8. The van der Waals surface area contributed by atoms with Gasteiger partial charge in [-0.1, -0.05) is 37.5 Å². The smallest absolute Gasteiger partial charge is 0.183 e. The third kappa shape index (κ3) is 6.33. The van der Waals surface area contributed by atoms with E-state index < -0.39 is 13.9 Å². The molecular weight excluding hydrogens is 338 g/mol. The molecule has 0 unspecified atom stereocenters.